The summed E-state index contributed by atoms with van der Waals surface area (Å²) in [7, 11) is -0.582. The first-order valence-electron chi connectivity index (χ1n) is 6.55. The third kappa shape index (κ3) is 10.4. The van der Waals surface area contributed by atoms with Crippen molar-refractivity contribution < 1.29 is 4.21 Å². The number of rotatable bonds is 10. The van der Waals surface area contributed by atoms with Crippen LogP contribution in [0.4, 0.5) is 0 Å². The van der Waals surface area contributed by atoms with Gasteiger partial charge in [-0.2, -0.15) is 0 Å². The molecule has 0 fully saturated rings. The first kappa shape index (κ1) is 15.2. The van der Waals surface area contributed by atoms with Crippen molar-refractivity contribution in [3.05, 3.63) is 0 Å². The molecule has 0 heterocycles. The Labute approximate surface area is 98.5 Å². The maximum absolute atomic E-state index is 11.4. The summed E-state index contributed by atoms with van der Waals surface area (Å²) in [5.41, 5.74) is 0. The minimum absolute atomic E-state index is 0.342. The van der Waals surface area contributed by atoms with Crippen molar-refractivity contribution in [3.63, 3.8) is 0 Å². The normalized spacial score (nSPS) is 13.3. The molecular formula is C13H28OS. The van der Waals surface area contributed by atoms with Gasteiger partial charge in [0.05, 0.1) is 0 Å². The van der Waals surface area contributed by atoms with E-state index in [2.05, 4.69) is 6.92 Å². The minimum Gasteiger partial charge on any atom is -0.259 e. The van der Waals surface area contributed by atoms with Crippen molar-refractivity contribution in [2.24, 2.45) is 0 Å². The first-order valence-corrected chi connectivity index (χ1v) is 7.93. The molecule has 0 saturated carbocycles. The highest BCUT2D eigenvalue weighted by atomic mass is 32.2. The fraction of sp³-hybridized carbons (Fsp3) is 1.00. The summed E-state index contributed by atoms with van der Waals surface area (Å²) in [6.45, 7) is 6.34. The highest BCUT2D eigenvalue weighted by molar-refractivity contribution is 7.85. The summed E-state index contributed by atoms with van der Waals surface area (Å²) >= 11 is 0. The molecule has 0 bridgehead atoms. The SMILES string of the molecule is CCCCCCCCCC[S@](=O)C(C)C. The van der Waals surface area contributed by atoms with Crippen molar-refractivity contribution in [1.82, 2.24) is 0 Å². The van der Waals surface area contributed by atoms with Gasteiger partial charge in [-0.3, -0.25) is 4.21 Å². The van der Waals surface area contributed by atoms with E-state index < -0.39 is 10.8 Å². The minimum atomic E-state index is -0.582. The van der Waals surface area contributed by atoms with Crippen LogP contribution in [0.2, 0.25) is 0 Å². The standard InChI is InChI=1S/C13H28OS/c1-4-5-6-7-8-9-10-11-12-15(14)13(2)3/h13H,4-12H2,1-3H3/t15-/m0/s1. The van der Waals surface area contributed by atoms with Crippen molar-refractivity contribution >= 4 is 10.8 Å². The van der Waals surface area contributed by atoms with E-state index in [4.69, 9.17) is 0 Å². The first-order chi connectivity index (χ1) is 7.18. The predicted molar refractivity (Wildman–Crippen MR) is 70.8 cm³/mol. The number of unbranched alkanes of at least 4 members (excludes halogenated alkanes) is 7. The molecule has 0 spiro atoms. The Morgan fingerprint density at radius 3 is 1.80 bits per heavy atom. The lowest BCUT2D eigenvalue weighted by molar-refractivity contribution is 0.584. The number of hydrogen-bond donors (Lipinski definition) is 0. The van der Waals surface area contributed by atoms with Crippen LogP contribution in [0.5, 0.6) is 0 Å². The van der Waals surface area contributed by atoms with Crippen LogP contribution in [0.25, 0.3) is 0 Å². The molecule has 0 N–H and O–H groups in total. The maximum atomic E-state index is 11.4. The van der Waals surface area contributed by atoms with Crippen molar-refractivity contribution in [2.75, 3.05) is 5.75 Å². The van der Waals surface area contributed by atoms with Gasteiger partial charge in [-0.15, -0.1) is 0 Å². The molecule has 1 atom stereocenters. The summed E-state index contributed by atoms with van der Waals surface area (Å²) in [6, 6.07) is 0. The van der Waals surface area contributed by atoms with Crippen molar-refractivity contribution in [2.45, 2.75) is 77.4 Å². The third-order valence-electron chi connectivity index (χ3n) is 2.72. The van der Waals surface area contributed by atoms with Gasteiger partial charge in [0.1, 0.15) is 0 Å². The van der Waals surface area contributed by atoms with Crippen molar-refractivity contribution in [1.29, 1.82) is 0 Å². The lowest BCUT2D eigenvalue weighted by Gasteiger charge is -2.05. The maximum Gasteiger partial charge on any atom is 0.0291 e. The fourth-order valence-electron chi connectivity index (χ4n) is 1.61. The molecule has 1 nitrogen and oxygen atoms in total. The van der Waals surface area contributed by atoms with E-state index in [1.165, 1.54) is 44.9 Å². The van der Waals surface area contributed by atoms with Crippen LogP contribution in [0.3, 0.4) is 0 Å². The van der Waals surface area contributed by atoms with E-state index in [-0.39, 0.29) is 0 Å². The molecule has 0 radical (unpaired) electrons. The Balaban J connectivity index is 3.08. The van der Waals surface area contributed by atoms with Crippen LogP contribution >= 0.6 is 0 Å². The van der Waals surface area contributed by atoms with Gasteiger partial charge in [0, 0.05) is 21.8 Å². The van der Waals surface area contributed by atoms with Gasteiger partial charge >= 0.3 is 0 Å². The fourth-order valence-corrected chi connectivity index (χ4v) is 2.57. The molecule has 0 unspecified atom stereocenters. The zero-order valence-electron chi connectivity index (χ0n) is 10.8. The smallest absolute Gasteiger partial charge is 0.0291 e. The van der Waals surface area contributed by atoms with E-state index in [9.17, 15) is 4.21 Å². The van der Waals surface area contributed by atoms with Crippen LogP contribution < -0.4 is 0 Å². The van der Waals surface area contributed by atoms with Gasteiger partial charge in [-0.1, -0.05) is 65.7 Å². The lowest BCUT2D eigenvalue weighted by Crippen LogP contribution is -2.09. The highest BCUT2D eigenvalue weighted by Crippen LogP contribution is 2.09. The molecule has 2 heteroatoms. The molecule has 0 rings (SSSR count). The lowest BCUT2D eigenvalue weighted by atomic mass is 10.1. The molecular weight excluding hydrogens is 204 g/mol. The average molecular weight is 232 g/mol. The van der Waals surface area contributed by atoms with E-state index in [1.807, 2.05) is 13.8 Å². The van der Waals surface area contributed by atoms with Gasteiger partial charge in [-0.05, 0) is 6.42 Å². The van der Waals surface area contributed by atoms with Crippen molar-refractivity contribution in [3.8, 4) is 0 Å². The molecule has 0 aromatic rings. The highest BCUT2D eigenvalue weighted by Gasteiger charge is 2.03. The summed E-state index contributed by atoms with van der Waals surface area (Å²) < 4.78 is 11.4. The molecule has 92 valence electrons. The Hall–Kier alpha value is 0.150. The second-order valence-electron chi connectivity index (χ2n) is 4.61. The van der Waals surface area contributed by atoms with Gasteiger partial charge in [0.15, 0.2) is 0 Å². The summed E-state index contributed by atoms with van der Waals surface area (Å²) in [6.07, 6.45) is 10.6. The van der Waals surface area contributed by atoms with E-state index in [0.717, 1.165) is 12.2 Å². The Kier molecular flexibility index (Phi) is 10.8. The largest absolute Gasteiger partial charge is 0.259 e. The molecule has 0 saturated heterocycles. The summed E-state index contributed by atoms with van der Waals surface area (Å²) in [5, 5.41) is 0.342. The second kappa shape index (κ2) is 10.7. The number of hydrogen-bond acceptors (Lipinski definition) is 1. The molecule has 0 amide bonds. The Morgan fingerprint density at radius 1 is 0.867 bits per heavy atom. The van der Waals surface area contributed by atoms with E-state index in [1.54, 1.807) is 0 Å². The van der Waals surface area contributed by atoms with Crippen LogP contribution in [0.1, 0.15) is 72.1 Å². The van der Waals surface area contributed by atoms with Crippen LogP contribution in [0.15, 0.2) is 0 Å². The van der Waals surface area contributed by atoms with Crippen LogP contribution in [0, 0.1) is 0 Å². The monoisotopic (exact) mass is 232 g/mol. The predicted octanol–water partition coefficient (Wildman–Crippen LogP) is 4.28. The summed E-state index contributed by atoms with van der Waals surface area (Å²) in [4.78, 5) is 0. The van der Waals surface area contributed by atoms with Gasteiger partial charge in [-0.25, -0.2) is 0 Å². The van der Waals surface area contributed by atoms with Crippen LogP contribution in [-0.2, 0) is 10.8 Å². The zero-order chi connectivity index (χ0) is 11.5. The summed E-state index contributed by atoms with van der Waals surface area (Å²) in [5.74, 6) is 0.909. The third-order valence-corrected chi connectivity index (χ3v) is 4.47. The molecule has 15 heavy (non-hydrogen) atoms. The Bertz CT molecular complexity index is 155. The topological polar surface area (TPSA) is 17.1 Å². The van der Waals surface area contributed by atoms with Gasteiger partial charge in [0.25, 0.3) is 0 Å². The molecule has 0 aliphatic rings. The van der Waals surface area contributed by atoms with Gasteiger partial charge < -0.3 is 0 Å². The second-order valence-corrected chi connectivity index (χ2v) is 6.72. The van der Waals surface area contributed by atoms with Gasteiger partial charge in [0.2, 0.25) is 0 Å². The quantitative estimate of drug-likeness (QED) is 0.514. The zero-order valence-corrected chi connectivity index (χ0v) is 11.6. The average Bonchev–Trinajstić information content (AvgIpc) is 2.21. The molecule has 0 aromatic carbocycles. The molecule has 0 aliphatic carbocycles. The Morgan fingerprint density at radius 2 is 1.33 bits per heavy atom. The van der Waals surface area contributed by atoms with E-state index >= 15 is 0 Å². The molecule has 0 aliphatic heterocycles. The van der Waals surface area contributed by atoms with Crippen LogP contribution in [-0.4, -0.2) is 15.2 Å². The van der Waals surface area contributed by atoms with E-state index in [0.29, 0.717) is 5.25 Å². The molecule has 0 aromatic heterocycles.